The third-order valence-electron chi connectivity index (χ3n) is 5.00. The molecule has 2 N–H and O–H groups in total. The zero-order chi connectivity index (χ0) is 21.4. The van der Waals surface area contributed by atoms with E-state index in [0.717, 1.165) is 5.56 Å². The summed E-state index contributed by atoms with van der Waals surface area (Å²) in [6.07, 6.45) is 4.75. The molecule has 1 aliphatic heterocycles. The Kier molecular flexibility index (Phi) is 7.53. The number of benzene rings is 1. The number of hydrogen-bond donors (Lipinski definition) is 2. The molecule has 0 aliphatic carbocycles. The van der Waals surface area contributed by atoms with E-state index in [1.807, 2.05) is 6.07 Å². The van der Waals surface area contributed by atoms with Crippen LogP contribution in [0.5, 0.6) is 0 Å². The number of aromatic nitrogens is 1. The van der Waals surface area contributed by atoms with E-state index in [-0.39, 0.29) is 36.2 Å². The predicted octanol–water partition coefficient (Wildman–Crippen LogP) is 1.31. The van der Waals surface area contributed by atoms with Crippen molar-refractivity contribution in [3.05, 3.63) is 60.4 Å². The second-order valence-corrected chi connectivity index (χ2v) is 9.13. The molecule has 1 saturated heterocycles. The summed E-state index contributed by atoms with van der Waals surface area (Å²) in [7, 11) is -3.61. The molecule has 3 rings (SSSR count). The number of hydrogen-bond acceptors (Lipinski definition) is 5. The van der Waals surface area contributed by atoms with Gasteiger partial charge in [-0.25, -0.2) is 8.42 Å². The molecule has 0 bridgehead atoms. The van der Waals surface area contributed by atoms with E-state index >= 15 is 0 Å². The van der Waals surface area contributed by atoms with Gasteiger partial charge in [0.1, 0.15) is 0 Å². The Morgan fingerprint density at radius 2 is 1.90 bits per heavy atom. The van der Waals surface area contributed by atoms with Gasteiger partial charge in [-0.1, -0.05) is 24.3 Å². The summed E-state index contributed by atoms with van der Waals surface area (Å²) in [6, 6.07) is 11.9. The van der Waals surface area contributed by atoms with Crippen LogP contribution in [0.2, 0.25) is 0 Å². The Hall–Kier alpha value is -2.78. The lowest BCUT2D eigenvalue weighted by Crippen LogP contribution is -2.45. The van der Waals surface area contributed by atoms with Crippen LogP contribution < -0.4 is 10.6 Å². The zero-order valence-electron chi connectivity index (χ0n) is 16.7. The number of sulfonamides is 1. The summed E-state index contributed by atoms with van der Waals surface area (Å²) in [5.41, 5.74) is 0.900. The van der Waals surface area contributed by atoms with Gasteiger partial charge in [0.15, 0.2) is 0 Å². The number of rotatable bonds is 8. The molecule has 1 aliphatic rings. The van der Waals surface area contributed by atoms with Crippen molar-refractivity contribution in [2.24, 2.45) is 5.92 Å². The van der Waals surface area contributed by atoms with Crippen LogP contribution >= 0.6 is 0 Å². The van der Waals surface area contributed by atoms with Gasteiger partial charge in [0.2, 0.25) is 21.8 Å². The Bertz CT molecular complexity index is 951. The Labute approximate surface area is 176 Å². The molecule has 1 aromatic heterocycles. The maximum Gasteiger partial charge on any atom is 0.243 e. The SMILES string of the molecule is O=C(CCNC(=O)[C@@H]1CCCN(S(=O)(=O)c2ccccc2)C1)NCc1cccnc1. The van der Waals surface area contributed by atoms with Crippen molar-refractivity contribution in [1.29, 1.82) is 0 Å². The molecule has 1 atom stereocenters. The smallest absolute Gasteiger partial charge is 0.243 e. The number of carbonyl (C=O) groups excluding carboxylic acids is 2. The van der Waals surface area contributed by atoms with E-state index in [9.17, 15) is 18.0 Å². The standard InChI is InChI=1S/C21H26N4O4S/c26-20(24-15-17-6-4-11-22-14-17)10-12-23-21(27)18-7-5-13-25(16-18)30(28,29)19-8-2-1-3-9-19/h1-4,6,8-9,11,14,18H,5,7,10,12-13,15-16H2,(H,23,27)(H,24,26)/t18-/m1/s1. The highest BCUT2D eigenvalue weighted by molar-refractivity contribution is 7.89. The van der Waals surface area contributed by atoms with E-state index < -0.39 is 15.9 Å². The number of pyridine rings is 1. The fourth-order valence-corrected chi connectivity index (χ4v) is 4.90. The quantitative estimate of drug-likeness (QED) is 0.656. The lowest BCUT2D eigenvalue weighted by Gasteiger charge is -2.31. The summed E-state index contributed by atoms with van der Waals surface area (Å²) in [5.74, 6) is -0.810. The Morgan fingerprint density at radius 1 is 1.10 bits per heavy atom. The van der Waals surface area contributed by atoms with E-state index in [0.29, 0.717) is 25.9 Å². The third-order valence-corrected chi connectivity index (χ3v) is 6.88. The minimum Gasteiger partial charge on any atom is -0.355 e. The van der Waals surface area contributed by atoms with Gasteiger partial charge < -0.3 is 10.6 Å². The number of nitrogens with one attached hydrogen (secondary N) is 2. The van der Waals surface area contributed by atoms with Crippen LogP contribution in [-0.2, 0) is 26.2 Å². The molecule has 1 aromatic carbocycles. The molecule has 0 unspecified atom stereocenters. The molecular weight excluding hydrogens is 404 g/mol. The summed E-state index contributed by atoms with van der Waals surface area (Å²) >= 11 is 0. The van der Waals surface area contributed by atoms with Crippen molar-refractivity contribution in [1.82, 2.24) is 19.9 Å². The normalized spacial score (nSPS) is 17.3. The van der Waals surface area contributed by atoms with Crippen LogP contribution in [0.1, 0.15) is 24.8 Å². The highest BCUT2D eigenvalue weighted by Crippen LogP contribution is 2.23. The van der Waals surface area contributed by atoms with Gasteiger partial charge in [-0.2, -0.15) is 4.31 Å². The lowest BCUT2D eigenvalue weighted by molar-refractivity contribution is -0.126. The summed E-state index contributed by atoms with van der Waals surface area (Å²) < 4.78 is 26.9. The molecule has 9 heteroatoms. The monoisotopic (exact) mass is 430 g/mol. The molecule has 0 saturated carbocycles. The largest absolute Gasteiger partial charge is 0.355 e. The fourth-order valence-electron chi connectivity index (χ4n) is 3.35. The van der Waals surface area contributed by atoms with E-state index in [4.69, 9.17) is 0 Å². The van der Waals surface area contributed by atoms with E-state index in [2.05, 4.69) is 15.6 Å². The zero-order valence-corrected chi connectivity index (χ0v) is 17.5. The van der Waals surface area contributed by atoms with Crippen LogP contribution in [0, 0.1) is 5.92 Å². The maximum atomic E-state index is 12.8. The fraction of sp³-hybridized carbons (Fsp3) is 0.381. The van der Waals surface area contributed by atoms with Crippen LogP contribution in [0.4, 0.5) is 0 Å². The van der Waals surface area contributed by atoms with E-state index in [1.54, 1.807) is 48.8 Å². The minimum atomic E-state index is -3.61. The van der Waals surface area contributed by atoms with Gasteiger partial charge in [0.25, 0.3) is 0 Å². The van der Waals surface area contributed by atoms with Crippen molar-refractivity contribution < 1.29 is 18.0 Å². The number of nitrogens with zero attached hydrogens (tertiary/aromatic N) is 2. The molecule has 0 radical (unpaired) electrons. The lowest BCUT2D eigenvalue weighted by atomic mass is 9.99. The molecule has 30 heavy (non-hydrogen) atoms. The highest BCUT2D eigenvalue weighted by atomic mass is 32.2. The van der Waals surface area contributed by atoms with Crippen molar-refractivity contribution >= 4 is 21.8 Å². The molecule has 8 nitrogen and oxygen atoms in total. The second kappa shape index (κ2) is 10.3. The van der Waals surface area contributed by atoms with Crippen molar-refractivity contribution in [2.45, 2.75) is 30.7 Å². The second-order valence-electron chi connectivity index (χ2n) is 7.19. The van der Waals surface area contributed by atoms with Gasteiger partial charge in [-0.3, -0.25) is 14.6 Å². The first-order valence-corrected chi connectivity index (χ1v) is 11.4. The average Bonchev–Trinajstić information content (AvgIpc) is 2.79. The van der Waals surface area contributed by atoms with Gasteiger partial charge in [0, 0.05) is 45.0 Å². The van der Waals surface area contributed by atoms with Crippen LogP contribution in [0.3, 0.4) is 0 Å². The molecule has 2 heterocycles. The molecule has 2 amide bonds. The summed E-state index contributed by atoms with van der Waals surface area (Å²) in [6.45, 7) is 1.14. The Morgan fingerprint density at radius 3 is 2.63 bits per heavy atom. The minimum absolute atomic E-state index is 0.149. The van der Waals surface area contributed by atoms with Gasteiger partial charge in [0.05, 0.1) is 10.8 Å². The van der Waals surface area contributed by atoms with Crippen LogP contribution in [0.15, 0.2) is 59.8 Å². The third kappa shape index (κ3) is 5.87. The predicted molar refractivity (Wildman–Crippen MR) is 112 cm³/mol. The summed E-state index contributed by atoms with van der Waals surface area (Å²) in [4.78, 5) is 28.7. The number of carbonyl (C=O) groups is 2. The first-order valence-electron chi connectivity index (χ1n) is 9.95. The maximum absolute atomic E-state index is 12.8. The molecule has 160 valence electrons. The number of piperidine rings is 1. The van der Waals surface area contributed by atoms with Crippen molar-refractivity contribution in [3.8, 4) is 0 Å². The highest BCUT2D eigenvalue weighted by Gasteiger charge is 2.33. The molecule has 1 fully saturated rings. The van der Waals surface area contributed by atoms with Crippen LogP contribution in [0.25, 0.3) is 0 Å². The van der Waals surface area contributed by atoms with Crippen LogP contribution in [-0.4, -0.2) is 49.2 Å². The van der Waals surface area contributed by atoms with Crippen molar-refractivity contribution in [3.63, 3.8) is 0 Å². The Balaban J connectivity index is 1.44. The summed E-state index contributed by atoms with van der Waals surface area (Å²) in [5, 5.41) is 5.54. The average molecular weight is 431 g/mol. The van der Waals surface area contributed by atoms with Gasteiger partial charge in [-0.05, 0) is 36.6 Å². The van der Waals surface area contributed by atoms with Gasteiger partial charge in [-0.15, -0.1) is 0 Å². The first-order chi connectivity index (χ1) is 14.5. The first kappa shape index (κ1) is 21.9. The molecule has 2 aromatic rings. The topological polar surface area (TPSA) is 108 Å². The molecular formula is C21H26N4O4S. The number of amides is 2. The molecule has 0 spiro atoms. The van der Waals surface area contributed by atoms with Gasteiger partial charge >= 0.3 is 0 Å². The van der Waals surface area contributed by atoms with Crippen molar-refractivity contribution in [2.75, 3.05) is 19.6 Å². The van der Waals surface area contributed by atoms with E-state index in [1.165, 1.54) is 4.31 Å².